The first-order valence-electron chi connectivity index (χ1n) is 8.50. The molecule has 1 saturated heterocycles. The van der Waals surface area contributed by atoms with Crippen LogP contribution in [0.15, 0.2) is 18.2 Å². The molecular weight excluding hydrogens is 308 g/mol. The summed E-state index contributed by atoms with van der Waals surface area (Å²) in [4.78, 5) is 27.9. The second-order valence-corrected chi connectivity index (χ2v) is 6.52. The molecule has 2 amide bonds. The lowest BCUT2D eigenvalue weighted by Gasteiger charge is -2.31. The SMILES string of the molecule is CC(=O)N(CCC(=O)N1CCC(C)CC1)c1ccc2c(c1)OCO2. The standard InChI is InChI=1S/C18H24N2O4/c1-13-5-8-19(9-6-13)18(22)7-10-20(14(2)21)15-3-4-16-17(11-15)24-12-23-16/h3-4,11,13H,5-10,12H2,1-2H3. The van der Waals surface area contributed by atoms with Crippen molar-refractivity contribution in [2.75, 3.05) is 31.3 Å². The molecule has 1 aromatic carbocycles. The Morgan fingerprint density at radius 3 is 2.62 bits per heavy atom. The maximum absolute atomic E-state index is 12.4. The first kappa shape index (κ1) is 16.6. The summed E-state index contributed by atoms with van der Waals surface area (Å²) in [5.74, 6) is 2.04. The molecule has 0 atom stereocenters. The van der Waals surface area contributed by atoms with Crippen molar-refractivity contribution in [1.82, 2.24) is 4.90 Å². The number of carbonyl (C=O) groups excluding carboxylic acids is 2. The molecule has 0 unspecified atom stereocenters. The van der Waals surface area contributed by atoms with Gasteiger partial charge in [0, 0.05) is 44.7 Å². The Hall–Kier alpha value is -2.24. The van der Waals surface area contributed by atoms with Crippen LogP contribution in [0.3, 0.4) is 0 Å². The highest BCUT2D eigenvalue weighted by Gasteiger charge is 2.22. The quantitative estimate of drug-likeness (QED) is 0.850. The molecule has 6 nitrogen and oxygen atoms in total. The first-order valence-corrected chi connectivity index (χ1v) is 8.50. The molecule has 6 heteroatoms. The molecule has 1 fully saturated rings. The zero-order chi connectivity index (χ0) is 17.1. The fourth-order valence-electron chi connectivity index (χ4n) is 3.15. The summed E-state index contributed by atoms with van der Waals surface area (Å²) in [6.45, 7) is 5.95. The maximum atomic E-state index is 12.4. The van der Waals surface area contributed by atoms with Gasteiger partial charge in [-0.15, -0.1) is 0 Å². The summed E-state index contributed by atoms with van der Waals surface area (Å²) in [5, 5.41) is 0. The third kappa shape index (κ3) is 3.63. The van der Waals surface area contributed by atoms with Crippen LogP contribution >= 0.6 is 0 Å². The lowest BCUT2D eigenvalue weighted by Crippen LogP contribution is -2.40. The molecule has 0 radical (unpaired) electrons. The van der Waals surface area contributed by atoms with Gasteiger partial charge in [-0.05, 0) is 30.9 Å². The molecule has 0 saturated carbocycles. The minimum absolute atomic E-state index is 0.0890. The Morgan fingerprint density at radius 1 is 1.21 bits per heavy atom. The maximum Gasteiger partial charge on any atom is 0.231 e. The molecular formula is C18H24N2O4. The minimum atomic E-state index is -0.0890. The average Bonchev–Trinajstić information content (AvgIpc) is 3.03. The van der Waals surface area contributed by atoms with Crippen LogP contribution in [0.5, 0.6) is 11.5 Å². The van der Waals surface area contributed by atoms with Crippen molar-refractivity contribution in [3.8, 4) is 11.5 Å². The van der Waals surface area contributed by atoms with Gasteiger partial charge < -0.3 is 19.3 Å². The van der Waals surface area contributed by atoms with E-state index in [2.05, 4.69) is 6.92 Å². The van der Waals surface area contributed by atoms with Crippen LogP contribution in [0.2, 0.25) is 0 Å². The van der Waals surface area contributed by atoms with Crippen molar-refractivity contribution in [2.45, 2.75) is 33.1 Å². The van der Waals surface area contributed by atoms with Gasteiger partial charge in [-0.25, -0.2) is 0 Å². The number of nitrogens with zero attached hydrogens (tertiary/aromatic N) is 2. The van der Waals surface area contributed by atoms with Crippen LogP contribution in [0.4, 0.5) is 5.69 Å². The molecule has 2 aliphatic rings. The van der Waals surface area contributed by atoms with Crippen LogP contribution in [0, 0.1) is 5.92 Å². The van der Waals surface area contributed by atoms with E-state index in [1.165, 1.54) is 6.92 Å². The minimum Gasteiger partial charge on any atom is -0.454 e. The number of carbonyl (C=O) groups is 2. The van der Waals surface area contributed by atoms with E-state index in [0.29, 0.717) is 30.4 Å². The van der Waals surface area contributed by atoms with Gasteiger partial charge in [-0.2, -0.15) is 0 Å². The molecule has 0 N–H and O–H groups in total. The van der Waals surface area contributed by atoms with Crippen molar-refractivity contribution >= 4 is 17.5 Å². The van der Waals surface area contributed by atoms with Crippen LogP contribution in [0.1, 0.15) is 33.1 Å². The van der Waals surface area contributed by atoms with E-state index in [9.17, 15) is 9.59 Å². The van der Waals surface area contributed by atoms with E-state index in [1.807, 2.05) is 11.0 Å². The number of anilines is 1. The molecule has 24 heavy (non-hydrogen) atoms. The van der Waals surface area contributed by atoms with Crippen molar-refractivity contribution in [3.63, 3.8) is 0 Å². The number of piperidine rings is 1. The van der Waals surface area contributed by atoms with Crippen molar-refractivity contribution in [3.05, 3.63) is 18.2 Å². The van der Waals surface area contributed by atoms with Crippen LogP contribution in [-0.4, -0.2) is 43.1 Å². The molecule has 0 bridgehead atoms. The van der Waals surface area contributed by atoms with Crippen molar-refractivity contribution in [2.24, 2.45) is 5.92 Å². The van der Waals surface area contributed by atoms with Crippen LogP contribution in [0.25, 0.3) is 0 Å². The van der Waals surface area contributed by atoms with E-state index in [-0.39, 0.29) is 18.6 Å². The monoisotopic (exact) mass is 332 g/mol. The highest BCUT2D eigenvalue weighted by molar-refractivity contribution is 5.92. The van der Waals surface area contributed by atoms with E-state index in [4.69, 9.17) is 9.47 Å². The Labute approximate surface area is 142 Å². The van der Waals surface area contributed by atoms with E-state index >= 15 is 0 Å². The van der Waals surface area contributed by atoms with Crippen molar-refractivity contribution in [1.29, 1.82) is 0 Å². The Bertz CT molecular complexity index is 623. The number of amides is 2. The number of rotatable bonds is 4. The number of likely N-dealkylation sites (tertiary alicyclic amines) is 1. The summed E-state index contributed by atoms with van der Waals surface area (Å²) in [7, 11) is 0. The van der Waals surface area contributed by atoms with Gasteiger partial charge in [0.05, 0.1) is 0 Å². The normalized spacial score (nSPS) is 17.0. The number of benzene rings is 1. The summed E-state index contributed by atoms with van der Waals surface area (Å²) in [6, 6.07) is 5.40. The number of hydrogen-bond acceptors (Lipinski definition) is 4. The second-order valence-electron chi connectivity index (χ2n) is 6.52. The number of fused-ring (bicyclic) bond motifs is 1. The lowest BCUT2D eigenvalue weighted by atomic mass is 9.99. The molecule has 130 valence electrons. The van der Waals surface area contributed by atoms with Gasteiger partial charge >= 0.3 is 0 Å². The second kappa shape index (κ2) is 7.11. The van der Waals surface area contributed by atoms with Gasteiger partial charge in [0.15, 0.2) is 11.5 Å². The predicted octanol–water partition coefficient (Wildman–Crippen LogP) is 2.42. The molecule has 0 aliphatic carbocycles. The van der Waals surface area contributed by atoms with Gasteiger partial charge in [-0.1, -0.05) is 6.92 Å². The Kier molecular flexibility index (Phi) is 4.92. The smallest absolute Gasteiger partial charge is 0.231 e. The van der Waals surface area contributed by atoms with Gasteiger partial charge in [0.2, 0.25) is 18.6 Å². The topological polar surface area (TPSA) is 59.1 Å². The van der Waals surface area contributed by atoms with Gasteiger partial charge in [0.25, 0.3) is 0 Å². The first-order chi connectivity index (χ1) is 11.5. The summed E-state index contributed by atoms with van der Waals surface area (Å²) in [5.41, 5.74) is 0.729. The fourth-order valence-corrected chi connectivity index (χ4v) is 3.15. The third-order valence-electron chi connectivity index (χ3n) is 4.73. The third-order valence-corrected chi connectivity index (χ3v) is 4.73. The summed E-state index contributed by atoms with van der Waals surface area (Å²) < 4.78 is 10.7. The zero-order valence-corrected chi connectivity index (χ0v) is 14.3. The molecule has 0 aromatic heterocycles. The zero-order valence-electron chi connectivity index (χ0n) is 14.3. The van der Waals surface area contributed by atoms with Crippen LogP contribution < -0.4 is 14.4 Å². The molecule has 0 spiro atoms. The fraction of sp³-hybridized carbons (Fsp3) is 0.556. The van der Waals surface area contributed by atoms with Crippen LogP contribution in [-0.2, 0) is 9.59 Å². The van der Waals surface area contributed by atoms with Crippen molar-refractivity contribution < 1.29 is 19.1 Å². The molecule has 2 aliphatic heterocycles. The number of hydrogen-bond donors (Lipinski definition) is 0. The molecule has 2 heterocycles. The Balaban J connectivity index is 1.62. The highest BCUT2D eigenvalue weighted by atomic mass is 16.7. The largest absolute Gasteiger partial charge is 0.454 e. The van der Waals surface area contributed by atoms with Gasteiger partial charge in [-0.3, -0.25) is 9.59 Å². The van der Waals surface area contributed by atoms with E-state index in [1.54, 1.807) is 17.0 Å². The molecule has 3 rings (SSSR count). The van der Waals surface area contributed by atoms with Gasteiger partial charge in [0.1, 0.15) is 0 Å². The predicted molar refractivity (Wildman–Crippen MR) is 90.2 cm³/mol. The highest BCUT2D eigenvalue weighted by Crippen LogP contribution is 2.35. The molecule has 1 aromatic rings. The van der Waals surface area contributed by atoms with E-state index < -0.39 is 0 Å². The average molecular weight is 332 g/mol. The lowest BCUT2D eigenvalue weighted by molar-refractivity contribution is -0.132. The summed E-state index contributed by atoms with van der Waals surface area (Å²) >= 11 is 0. The van der Waals surface area contributed by atoms with E-state index in [0.717, 1.165) is 31.6 Å². The Morgan fingerprint density at radius 2 is 1.92 bits per heavy atom. The number of ether oxygens (including phenoxy) is 2. The summed E-state index contributed by atoms with van der Waals surface area (Å²) in [6.07, 6.45) is 2.46.